The lowest BCUT2D eigenvalue weighted by Crippen LogP contribution is -2.46. The number of likely N-dealkylation sites (tertiary alicyclic amines) is 1. The van der Waals surface area contributed by atoms with Crippen molar-refractivity contribution in [2.45, 2.75) is 46.1 Å². The van der Waals surface area contributed by atoms with Crippen molar-refractivity contribution < 1.29 is 14.7 Å². The van der Waals surface area contributed by atoms with Crippen LogP contribution in [-0.4, -0.2) is 47.6 Å². The molecule has 0 aromatic heterocycles. The molecule has 0 bridgehead atoms. The molecule has 110 valence electrons. The van der Waals surface area contributed by atoms with Crippen LogP contribution in [0.4, 0.5) is 0 Å². The van der Waals surface area contributed by atoms with Crippen LogP contribution in [0.25, 0.3) is 0 Å². The standard InChI is InChI=1S/C14H26N2O3/c1-10(2)7-13(18)8-15-14(19)12-5-4-6-16(9-12)11(3)17/h10,12-13,18H,4-9H2,1-3H3,(H,15,19). The van der Waals surface area contributed by atoms with E-state index >= 15 is 0 Å². The van der Waals surface area contributed by atoms with E-state index in [0.717, 1.165) is 19.4 Å². The van der Waals surface area contributed by atoms with Gasteiger partial charge in [0.15, 0.2) is 0 Å². The Hall–Kier alpha value is -1.10. The molecule has 2 atom stereocenters. The molecule has 0 aromatic rings. The minimum atomic E-state index is -0.489. The van der Waals surface area contributed by atoms with Crippen molar-refractivity contribution in [2.75, 3.05) is 19.6 Å². The third-order valence-electron chi connectivity index (χ3n) is 3.49. The molecule has 1 fully saturated rings. The van der Waals surface area contributed by atoms with E-state index in [1.54, 1.807) is 4.90 Å². The van der Waals surface area contributed by atoms with E-state index in [0.29, 0.717) is 25.4 Å². The molecule has 1 saturated heterocycles. The zero-order valence-corrected chi connectivity index (χ0v) is 12.2. The zero-order chi connectivity index (χ0) is 14.4. The fourth-order valence-electron chi connectivity index (χ4n) is 2.47. The summed E-state index contributed by atoms with van der Waals surface area (Å²) < 4.78 is 0. The first-order valence-electron chi connectivity index (χ1n) is 7.11. The minimum absolute atomic E-state index is 0.0253. The number of rotatable bonds is 5. The fourth-order valence-corrected chi connectivity index (χ4v) is 2.47. The van der Waals surface area contributed by atoms with Crippen molar-refractivity contribution in [3.63, 3.8) is 0 Å². The van der Waals surface area contributed by atoms with Crippen LogP contribution in [0.2, 0.25) is 0 Å². The van der Waals surface area contributed by atoms with Crippen molar-refractivity contribution in [3.05, 3.63) is 0 Å². The lowest BCUT2D eigenvalue weighted by molar-refractivity contribution is -0.134. The maximum Gasteiger partial charge on any atom is 0.224 e. The summed E-state index contributed by atoms with van der Waals surface area (Å²) in [6.45, 7) is 7.16. The number of piperidine rings is 1. The van der Waals surface area contributed by atoms with E-state index in [1.807, 2.05) is 13.8 Å². The van der Waals surface area contributed by atoms with Gasteiger partial charge in [0.2, 0.25) is 11.8 Å². The summed E-state index contributed by atoms with van der Waals surface area (Å²) in [4.78, 5) is 25.0. The number of aliphatic hydroxyl groups is 1. The Morgan fingerprint density at radius 3 is 2.68 bits per heavy atom. The van der Waals surface area contributed by atoms with Gasteiger partial charge in [-0.25, -0.2) is 0 Å². The quantitative estimate of drug-likeness (QED) is 0.775. The molecule has 0 aliphatic carbocycles. The number of aliphatic hydroxyl groups excluding tert-OH is 1. The van der Waals surface area contributed by atoms with Crippen molar-refractivity contribution in [2.24, 2.45) is 11.8 Å². The van der Waals surface area contributed by atoms with Gasteiger partial charge in [0.05, 0.1) is 12.0 Å². The summed E-state index contributed by atoms with van der Waals surface area (Å²) in [6.07, 6.45) is 1.88. The normalized spacial score (nSPS) is 21.3. The second kappa shape index (κ2) is 7.48. The third kappa shape index (κ3) is 5.59. The number of hydrogen-bond acceptors (Lipinski definition) is 3. The highest BCUT2D eigenvalue weighted by Crippen LogP contribution is 2.16. The van der Waals surface area contributed by atoms with Crippen LogP contribution in [0.15, 0.2) is 0 Å². The molecule has 2 N–H and O–H groups in total. The number of nitrogens with zero attached hydrogens (tertiary/aromatic N) is 1. The van der Waals surface area contributed by atoms with Crippen LogP contribution >= 0.6 is 0 Å². The van der Waals surface area contributed by atoms with Gasteiger partial charge in [0.1, 0.15) is 0 Å². The molecule has 1 aliphatic heterocycles. The van der Waals surface area contributed by atoms with Crippen LogP contribution in [-0.2, 0) is 9.59 Å². The highest BCUT2D eigenvalue weighted by Gasteiger charge is 2.27. The largest absolute Gasteiger partial charge is 0.391 e. The lowest BCUT2D eigenvalue weighted by Gasteiger charge is -2.31. The molecule has 0 aromatic carbocycles. The lowest BCUT2D eigenvalue weighted by atomic mass is 9.97. The SMILES string of the molecule is CC(=O)N1CCCC(C(=O)NCC(O)CC(C)C)C1. The molecule has 1 aliphatic rings. The Kier molecular flexibility index (Phi) is 6.28. The molecule has 19 heavy (non-hydrogen) atoms. The number of nitrogens with one attached hydrogen (secondary N) is 1. The predicted octanol–water partition coefficient (Wildman–Crippen LogP) is 0.768. The molecular formula is C14H26N2O3. The molecule has 0 spiro atoms. The maximum atomic E-state index is 12.0. The molecule has 5 nitrogen and oxygen atoms in total. The first-order chi connectivity index (χ1) is 8.90. The smallest absolute Gasteiger partial charge is 0.224 e. The topological polar surface area (TPSA) is 69.6 Å². The highest BCUT2D eigenvalue weighted by atomic mass is 16.3. The Labute approximate surface area is 115 Å². The van der Waals surface area contributed by atoms with E-state index in [2.05, 4.69) is 5.32 Å². The van der Waals surface area contributed by atoms with Crippen LogP contribution in [0.5, 0.6) is 0 Å². The molecule has 0 saturated carbocycles. The van der Waals surface area contributed by atoms with Crippen molar-refractivity contribution in [3.8, 4) is 0 Å². The van der Waals surface area contributed by atoms with Crippen molar-refractivity contribution >= 4 is 11.8 Å². The number of amides is 2. The second-order valence-corrected chi connectivity index (χ2v) is 5.83. The summed E-state index contributed by atoms with van der Waals surface area (Å²) in [5.74, 6) is 0.254. The maximum absolute atomic E-state index is 12.0. The summed E-state index contributed by atoms with van der Waals surface area (Å²) in [7, 11) is 0. The first kappa shape index (κ1) is 16.0. The van der Waals surface area contributed by atoms with Gasteiger partial charge >= 0.3 is 0 Å². The van der Waals surface area contributed by atoms with Crippen molar-refractivity contribution in [1.82, 2.24) is 10.2 Å². The fraction of sp³-hybridized carbons (Fsp3) is 0.857. The Bertz CT molecular complexity index is 318. The van der Waals surface area contributed by atoms with Gasteiger partial charge in [0, 0.05) is 26.6 Å². The first-order valence-corrected chi connectivity index (χ1v) is 7.11. The summed E-state index contributed by atoms with van der Waals surface area (Å²) in [5.41, 5.74) is 0. The van der Waals surface area contributed by atoms with E-state index < -0.39 is 6.10 Å². The van der Waals surface area contributed by atoms with Crippen LogP contribution in [0.1, 0.15) is 40.0 Å². The predicted molar refractivity (Wildman–Crippen MR) is 73.4 cm³/mol. The third-order valence-corrected chi connectivity index (χ3v) is 3.49. The molecule has 2 amide bonds. The number of carbonyl (C=O) groups excluding carboxylic acids is 2. The van der Waals surface area contributed by atoms with Gasteiger partial charge in [-0.3, -0.25) is 9.59 Å². The van der Waals surface area contributed by atoms with Crippen LogP contribution in [0, 0.1) is 11.8 Å². The van der Waals surface area contributed by atoms with Gasteiger partial charge in [-0.15, -0.1) is 0 Å². The summed E-state index contributed by atoms with van der Waals surface area (Å²) in [5, 5.41) is 12.5. The second-order valence-electron chi connectivity index (χ2n) is 5.83. The summed E-state index contributed by atoms with van der Waals surface area (Å²) in [6, 6.07) is 0. The van der Waals surface area contributed by atoms with E-state index in [9.17, 15) is 14.7 Å². The Balaban J connectivity index is 2.34. The average molecular weight is 270 g/mol. The molecule has 5 heteroatoms. The van der Waals surface area contributed by atoms with Crippen LogP contribution < -0.4 is 5.32 Å². The monoisotopic (exact) mass is 270 g/mol. The van der Waals surface area contributed by atoms with Gasteiger partial charge in [0.25, 0.3) is 0 Å². The molecule has 1 rings (SSSR count). The molecule has 1 heterocycles. The number of carbonyl (C=O) groups is 2. The number of hydrogen-bond donors (Lipinski definition) is 2. The van der Waals surface area contributed by atoms with Gasteiger partial charge in [-0.1, -0.05) is 13.8 Å². The van der Waals surface area contributed by atoms with Crippen LogP contribution in [0.3, 0.4) is 0 Å². The van der Waals surface area contributed by atoms with Gasteiger partial charge in [-0.2, -0.15) is 0 Å². The zero-order valence-electron chi connectivity index (χ0n) is 12.2. The molecule has 0 radical (unpaired) electrons. The van der Waals surface area contributed by atoms with E-state index in [1.165, 1.54) is 6.92 Å². The average Bonchev–Trinajstić information content (AvgIpc) is 2.35. The molecule has 2 unspecified atom stereocenters. The Morgan fingerprint density at radius 1 is 1.42 bits per heavy atom. The Morgan fingerprint density at radius 2 is 2.11 bits per heavy atom. The minimum Gasteiger partial charge on any atom is -0.391 e. The summed E-state index contributed by atoms with van der Waals surface area (Å²) >= 11 is 0. The molecular weight excluding hydrogens is 244 g/mol. The van der Waals surface area contributed by atoms with E-state index in [-0.39, 0.29) is 17.7 Å². The van der Waals surface area contributed by atoms with Gasteiger partial charge in [-0.05, 0) is 25.2 Å². The van der Waals surface area contributed by atoms with Gasteiger partial charge < -0.3 is 15.3 Å². The van der Waals surface area contributed by atoms with Crippen molar-refractivity contribution in [1.29, 1.82) is 0 Å². The van der Waals surface area contributed by atoms with E-state index in [4.69, 9.17) is 0 Å². The highest BCUT2D eigenvalue weighted by molar-refractivity contribution is 5.80.